The fraction of sp³-hybridized carbons (Fsp3) is 0.143. The van der Waals surface area contributed by atoms with E-state index in [4.69, 9.17) is 5.73 Å². The van der Waals surface area contributed by atoms with Crippen molar-refractivity contribution < 1.29 is 17.0 Å². The summed E-state index contributed by atoms with van der Waals surface area (Å²) in [5.41, 5.74) is 9.87. The highest BCUT2D eigenvalue weighted by Gasteiger charge is 2.11. The number of rotatable bonds is 3. The second-order valence-electron chi connectivity index (χ2n) is 4.50. The summed E-state index contributed by atoms with van der Waals surface area (Å²) in [5, 5.41) is 6.78. The lowest BCUT2D eigenvalue weighted by Crippen LogP contribution is -3.00. The first kappa shape index (κ1) is 15.9. The van der Waals surface area contributed by atoms with E-state index in [1.807, 2.05) is 24.4 Å². The first-order chi connectivity index (χ1) is 9.61. The number of nitrogens with one attached hydrogen (secondary N) is 1. The Morgan fingerprint density at radius 3 is 2.43 bits per heavy atom. The maximum Gasteiger partial charge on any atom is 0.187 e. The van der Waals surface area contributed by atoms with Crippen LogP contribution >= 0.6 is 22.7 Å². The smallest absolute Gasteiger partial charge is 0.187 e. The lowest BCUT2D eigenvalue weighted by Gasteiger charge is -2.02. The highest BCUT2D eigenvalue weighted by Crippen LogP contribution is 2.33. The van der Waals surface area contributed by atoms with Crippen molar-refractivity contribution in [3.05, 3.63) is 40.9 Å². The van der Waals surface area contributed by atoms with Gasteiger partial charge in [-0.05, 0) is 26.0 Å². The van der Waals surface area contributed by atoms with Crippen molar-refractivity contribution in [2.24, 2.45) is 0 Å². The Bertz CT molecular complexity index is 734. The zero-order valence-electron chi connectivity index (χ0n) is 11.6. The van der Waals surface area contributed by atoms with Crippen LogP contribution in [0.2, 0.25) is 0 Å². The zero-order valence-corrected chi connectivity index (χ0v) is 14.8. The minimum absolute atomic E-state index is 0. The van der Waals surface area contributed by atoms with Crippen molar-refractivity contribution in [3.63, 3.8) is 0 Å². The normalized spacial score (nSPS) is 10.2. The molecule has 0 atom stereocenters. The second kappa shape index (κ2) is 6.55. The third-order valence-corrected chi connectivity index (χ3v) is 4.62. The van der Waals surface area contributed by atoms with Gasteiger partial charge in [-0.2, -0.15) is 0 Å². The van der Waals surface area contributed by atoms with E-state index in [1.54, 1.807) is 11.3 Å². The van der Waals surface area contributed by atoms with Crippen LogP contribution in [0.3, 0.4) is 0 Å². The third-order valence-electron chi connectivity index (χ3n) is 2.85. The quantitative estimate of drug-likeness (QED) is 0.715. The molecule has 0 saturated carbocycles. The fourth-order valence-corrected chi connectivity index (χ4v) is 3.44. The molecule has 1 aromatic carbocycles. The summed E-state index contributed by atoms with van der Waals surface area (Å²) in [5.74, 6) is 0. The van der Waals surface area contributed by atoms with Crippen LogP contribution < -0.4 is 28.0 Å². The molecule has 21 heavy (non-hydrogen) atoms. The monoisotopic (exact) mass is 381 g/mol. The first-order valence-corrected chi connectivity index (χ1v) is 7.84. The standard InChI is InChI=1S/C14H14N4S2.BrH/c1-8-3-5-10(6-4-8)17-14-18-11(7-19-14)12-9(2)16-13(15)20-12;/h3-7H,1-2H3,(H2,15,16)(H,17,18);1H/p-1. The van der Waals surface area contributed by atoms with Gasteiger partial charge in [0.15, 0.2) is 10.3 Å². The maximum absolute atomic E-state index is 5.73. The fourth-order valence-electron chi connectivity index (χ4n) is 1.85. The summed E-state index contributed by atoms with van der Waals surface area (Å²) in [6.07, 6.45) is 0. The van der Waals surface area contributed by atoms with Crippen molar-refractivity contribution in [2.75, 3.05) is 11.1 Å². The van der Waals surface area contributed by atoms with Crippen molar-refractivity contribution >= 4 is 38.6 Å². The molecule has 0 aliphatic heterocycles. The average molecular weight is 382 g/mol. The predicted molar refractivity (Wildman–Crippen MR) is 86.8 cm³/mol. The van der Waals surface area contributed by atoms with Gasteiger partial charge >= 0.3 is 0 Å². The molecule has 0 saturated heterocycles. The molecular formula is C14H14BrN4S2-. The number of benzene rings is 1. The van der Waals surface area contributed by atoms with Crippen LogP contribution in [0.15, 0.2) is 29.6 Å². The first-order valence-electron chi connectivity index (χ1n) is 6.14. The number of aryl methyl sites for hydroxylation is 2. The molecule has 2 aromatic heterocycles. The number of nitrogens with two attached hydrogens (primary N) is 1. The zero-order chi connectivity index (χ0) is 14.1. The molecule has 0 unspecified atom stereocenters. The Morgan fingerprint density at radius 2 is 1.81 bits per heavy atom. The Morgan fingerprint density at radius 1 is 1.10 bits per heavy atom. The van der Waals surface area contributed by atoms with Gasteiger partial charge in [0, 0.05) is 11.1 Å². The SMILES string of the molecule is Cc1ccc(Nc2nc(-c3sc(N)nc3C)cs2)cc1.[Br-]. The van der Waals surface area contributed by atoms with Crippen LogP contribution in [0.25, 0.3) is 10.6 Å². The summed E-state index contributed by atoms with van der Waals surface area (Å²) in [4.78, 5) is 9.86. The molecule has 2 heterocycles. The minimum atomic E-state index is 0. The van der Waals surface area contributed by atoms with E-state index in [0.29, 0.717) is 5.13 Å². The van der Waals surface area contributed by atoms with E-state index in [0.717, 1.165) is 27.1 Å². The summed E-state index contributed by atoms with van der Waals surface area (Å²) in [7, 11) is 0. The summed E-state index contributed by atoms with van der Waals surface area (Å²) < 4.78 is 0. The number of hydrogen-bond acceptors (Lipinski definition) is 6. The molecule has 3 aromatic rings. The lowest BCUT2D eigenvalue weighted by atomic mass is 10.2. The molecule has 0 bridgehead atoms. The second-order valence-corrected chi connectivity index (χ2v) is 6.38. The molecular weight excluding hydrogens is 368 g/mol. The van der Waals surface area contributed by atoms with Gasteiger partial charge in [0.1, 0.15) is 0 Å². The number of thiazole rings is 2. The van der Waals surface area contributed by atoms with E-state index in [1.165, 1.54) is 16.9 Å². The van der Waals surface area contributed by atoms with Crippen molar-refractivity contribution in [3.8, 4) is 10.6 Å². The van der Waals surface area contributed by atoms with Crippen molar-refractivity contribution in [2.45, 2.75) is 13.8 Å². The minimum Gasteiger partial charge on any atom is -1.00 e. The molecule has 3 N–H and O–H groups in total. The number of hydrogen-bond donors (Lipinski definition) is 2. The number of nitrogens with zero attached hydrogens (tertiary/aromatic N) is 2. The van der Waals surface area contributed by atoms with Crippen molar-refractivity contribution in [1.82, 2.24) is 9.97 Å². The highest BCUT2D eigenvalue weighted by atomic mass is 79.9. The predicted octanol–water partition coefficient (Wildman–Crippen LogP) is 1.21. The molecule has 0 spiro atoms. The molecule has 0 amide bonds. The van der Waals surface area contributed by atoms with Gasteiger partial charge in [0.25, 0.3) is 0 Å². The van der Waals surface area contributed by atoms with E-state index in [2.05, 4.69) is 34.3 Å². The molecule has 4 nitrogen and oxygen atoms in total. The molecule has 0 aliphatic rings. The van der Waals surface area contributed by atoms with Gasteiger partial charge < -0.3 is 28.0 Å². The maximum atomic E-state index is 5.73. The Hall–Kier alpha value is -1.44. The molecule has 3 rings (SSSR count). The van der Waals surface area contributed by atoms with E-state index in [9.17, 15) is 0 Å². The Kier molecular flexibility index (Phi) is 4.97. The van der Waals surface area contributed by atoms with E-state index < -0.39 is 0 Å². The molecule has 110 valence electrons. The van der Waals surface area contributed by atoms with Gasteiger partial charge in [-0.3, -0.25) is 0 Å². The Labute approximate surface area is 141 Å². The number of aromatic nitrogens is 2. The summed E-state index contributed by atoms with van der Waals surface area (Å²) in [6.45, 7) is 4.02. The topological polar surface area (TPSA) is 63.8 Å². The summed E-state index contributed by atoms with van der Waals surface area (Å²) in [6, 6.07) is 8.24. The average Bonchev–Trinajstić information content (AvgIpc) is 2.99. The van der Waals surface area contributed by atoms with Gasteiger partial charge in [-0.1, -0.05) is 29.0 Å². The van der Waals surface area contributed by atoms with Crippen LogP contribution in [0.1, 0.15) is 11.3 Å². The molecule has 0 radical (unpaired) electrons. The number of nitrogen functional groups attached to an aromatic ring is 1. The van der Waals surface area contributed by atoms with Gasteiger partial charge in [-0.25, -0.2) is 9.97 Å². The third kappa shape index (κ3) is 3.61. The summed E-state index contributed by atoms with van der Waals surface area (Å²) >= 11 is 3.05. The van der Waals surface area contributed by atoms with Gasteiger partial charge in [-0.15, -0.1) is 11.3 Å². The largest absolute Gasteiger partial charge is 1.00 e. The van der Waals surface area contributed by atoms with Crippen LogP contribution in [0.5, 0.6) is 0 Å². The highest BCUT2D eigenvalue weighted by molar-refractivity contribution is 7.19. The Balaban J connectivity index is 0.00000161. The van der Waals surface area contributed by atoms with Gasteiger partial charge in [0.2, 0.25) is 0 Å². The molecule has 7 heteroatoms. The van der Waals surface area contributed by atoms with Crippen LogP contribution in [-0.2, 0) is 0 Å². The number of anilines is 3. The van der Waals surface area contributed by atoms with E-state index in [-0.39, 0.29) is 17.0 Å². The van der Waals surface area contributed by atoms with Crippen molar-refractivity contribution in [1.29, 1.82) is 0 Å². The van der Waals surface area contributed by atoms with Crippen LogP contribution in [0.4, 0.5) is 16.0 Å². The van der Waals surface area contributed by atoms with Crippen LogP contribution in [-0.4, -0.2) is 9.97 Å². The molecule has 0 aliphatic carbocycles. The lowest BCUT2D eigenvalue weighted by molar-refractivity contribution is -0.00000417. The number of halogens is 1. The van der Waals surface area contributed by atoms with Crippen LogP contribution in [0, 0.1) is 13.8 Å². The molecule has 0 fully saturated rings. The van der Waals surface area contributed by atoms with Gasteiger partial charge in [0.05, 0.1) is 16.3 Å². The van der Waals surface area contributed by atoms with E-state index >= 15 is 0 Å².